The van der Waals surface area contributed by atoms with E-state index in [1.54, 1.807) is 18.3 Å². The van der Waals surface area contributed by atoms with Crippen LogP contribution in [0.15, 0.2) is 24.4 Å². The highest BCUT2D eigenvalue weighted by atomic mass is 19.1. The first-order valence-electron chi connectivity index (χ1n) is 6.48. The molecule has 1 aromatic carbocycles. The number of anilines is 1. The lowest BCUT2D eigenvalue weighted by molar-refractivity contribution is 0.102. The quantitative estimate of drug-likeness (QED) is 0.876. The fourth-order valence-corrected chi connectivity index (χ4v) is 2.29. The zero-order chi connectivity index (χ0) is 14.1. The van der Waals surface area contributed by atoms with E-state index in [1.165, 1.54) is 6.07 Å². The molecule has 0 unspecified atom stereocenters. The number of nitrogens with zero attached hydrogens (tertiary/aromatic N) is 2. The fraction of sp³-hybridized carbons (Fsp3) is 0.286. The lowest BCUT2D eigenvalue weighted by atomic mass is 10.1. The monoisotopic (exact) mass is 274 g/mol. The Labute approximate surface area is 115 Å². The number of fused-ring (bicyclic) bond motifs is 1. The van der Waals surface area contributed by atoms with Crippen LogP contribution in [0.3, 0.4) is 0 Å². The Balaban J connectivity index is 1.86. The van der Waals surface area contributed by atoms with Crippen molar-refractivity contribution in [3.8, 4) is 0 Å². The lowest BCUT2D eigenvalue weighted by Gasteiger charge is -2.17. The van der Waals surface area contributed by atoms with E-state index < -0.39 is 11.7 Å². The maximum atomic E-state index is 13.7. The Kier molecular flexibility index (Phi) is 3.23. The number of halogens is 1. The molecule has 6 heteroatoms. The van der Waals surface area contributed by atoms with Gasteiger partial charge in [-0.3, -0.25) is 4.79 Å². The predicted molar refractivity (Wildman–Crippen MR) is 73.0 cm³/mol. The van der Waals surface area contributed by atoms with Crippen LogP contribution in [0.4, 0.5) is 10.2 Å². The molecule has 2 aromatic rings. The summed E-state index contributed by atoms with van der Waals surface area (Å²) in [5, 5.41) is 5.93. The van der Waals surface area contributed by atoms with Gasteiger partial charge in [0.05, 0.1) is 18.3 Å². The average molecular weight is 274 g/mol. The number of amides is 1. The van der Waals surface area contributed by atoms with E-state index in [-0.39, 0.29) is 5.56 Å². The van der Waals surface area contributed by atoms with E-state index in [9.17, 15) is 9.18 Å². The van der Waals surface area contributed by atoms with Crippen LogP contribution in [0.2, 0.25) is 0 Å². The number of hydrogen-bond donors (Lipinski definition) is 2. The largest absolute Gasteiger partial charge is 0.312 e. The second-order valence-corrected chi connectivity index (χ2v) is 4.83. The molecule has 0 radical (unpaired) electrons. The molecule has 0 saturated carbocycles. The van der Waals surface area contributed by atoms with Gasteiger partial charge in [0.25, 0.3) is 5.91 Å². The molecule has 0 fully saturated rings. The summed E-state index contributed by atoms with van der Waals surface area (Å²) in [6.07, 6.45) is 1.61. The molecular formula is C14H15FN4O. The van der Waals surface area contributed by atoms with Gasteiger partial charge in [-0.15, -0.1) is 0 Å². The normalized spacial score (nSPS) is 13.9. The third-order valence-electron chi connectivity index (χ3n) is 3.34. The van der Waals surface area contributed by atoms with Crippen molar-refractivity contribution in [2.45, 2.75) is 20.0 Å². The number of benzene rings is 1. The summed E-state index contributed by atoms with van der Waals surface area (Å²) in [4.78, 5) is 16.4. The molecule has 2 N–H and O–H groups in total. The highest BCUT2D eigenvalue weighted by Gasteiger charge is 2.17. The summed E-state index contributed by atoms with van der Waals surface area (Å²) in [7, 11) is 0. The summed E-state index contributed by atoms with van der Waals surface area (Å²) in [6.45, 7) is 4.06. The molecule has 1 aliphatic heterocycles. The van der Waals surface area contributed by atoms with Crippen molar-refractivity contribution in [2.75, 3.05) is 11.9 Å². The average Bonchev–Trinajstić information content (AvgIpc) is 2.85. The van der Waals surface area contributed by atoms with Crippen LogP contribution in [0.25, 0.3) is 0 Å². The van der Waals surface area contributed by atoms with E-state index in [2.05, 4.69) is 15.6 Å². The molecule has 20 heavy (non-hydrogen) atoms. The van der Waals surface area contributed by atoms with Gasteiger partial charge in [0.2, 0.25) is 0 Å². The first-order chi connectivity index (χ1) is 9.65. The van der Waals surface area contributed by atoms with Gasteiger partial charge in [-0.2, -0.15) is 0 Å². The molecule has 0 aliphatic carbocycles. The van der Waals surface area contributed by atoms with Crippen LogP contribution in [-0.2, 0) is 13.1 Å². The van der Waals surface area contributed by atoms with Crippen molar-refractivity contribution in [1.29, 1.82) is 0 Å². The van der Waals surface area contributed by atoms with E-state index >= 15 is 0 Å². The Morgan fingerprint density at radius 2 is 2.35 bits per heavy atom. The molecule has 0 atom stereocenters. The summed E-state index contributed by atoms with van der Waals surface area (Å²) in [5.41, 5.74) is 0.894. The molecule has 104 valence electrons. The van der Waals surface area contributed by atoms with Crippen LogP contribution in [0.1, 0.15) is 21.7 Å². The second-order valence-electron chi connectivity index (χ2n) is 4.83. The maximum Gasteiger partial charge on any atom is 0.259 e. The first kappa shape index (κ1) is 12.8. The van der Waals surface area contributed by atoms with E-state index in [0.29, 0.717) is 12.4 Å². The molecule has 1 aromatic heterocycles. The summed E-state index contributed by atoms with van der Waals surface area (Å²) in [6, 6.07) is 4.48. The van der Waals surface area contributed by atoms with Gasteiger partial charge in [0, 0.05) is 13.1 Å². The molecule has 2 heterocycles. The SMILES string of the molecule is Cc1ccc(F)c(C(=O)Nc2cnc3n2CCNC3)c1. The number of aromatic nitrogens is 2. The number of aryl methyl sites for hydroxylation is 1. The molecule has 0 spiro atoms. The van der Waals surface area contributed by atoms with Crippen molar-refractivity contribution < 1.29 is 9.18 Å². The van der Waals surface area contributed by atoms with Crippen LogP contribution < -0.4 is 10.6 Å². The standard InChI is InChI=1S/C14H15FN4O/c1-9-2-3-11(15)10(6-9)14(20)18-13-8-17-12-7-16-4-5-19(12)13/h2-3,6,8,16H,4-5,7H2,1H3,(H,18,20). The molecular weight excluding hydrogens is 259 g/mol. The van der Waals surface area contributed by atoms with Gasteiger partial charge < -0.3 is 15.2 Å². The van der Waals surface area contributed by atoms with Gasteiger partial charge in [-0.25, -0.2) is 9.37 Å². The number of imidazole rings is 1. The lowest BCUT2D eigenvalue weighted by Crippen LogP contribution is -2.29. The molecule has 5 nitrogen and oxygen atoms in total. The Hall–Kier alpha value is -2.21. The van der Waals surface area contributed by atoms with Crippen LogP contribution >= 0.6 is 0 Å². The van der Waals surface area contributed by atoms with Crippen molar-refractivity contribution in [3.05, 3.63) is 47.2 Å². The fourth-order valence-electron chi connectivity index (χ4n) is 2.29. The van der Waals surface area contributed by atoms with E-state index in [0.717, 1.165) is 24.5 Å². The van der Waals surface area contributed by atoms with Crippen molar-refractivity contribution >= 4 is 11.7 Å². The minimum atomic E-state index is -0.520. The highest BCUT2D eigenvalue weighted by molar-refractivity contribution is 6.04. The predicted octanol–water partition coefficient (Wildman–Crippen LogP) is 1.69. The maximum absolute atomic E-state index is 13.7. The summed E-state index contributed by atoms with van der Waals surface area (Å²) in [5.74, 6) is 0.504. The number of rotatable bonds is 2. The number of carbonyl (C=O) groups is 1. The van der Waals surface area contributed by atoms with Crippen LogP contribution in [-0.4, -0.2) is 22.0 Å². The van der Waals surface area contributed by atoms with E-state index in [4.69, 9.17) is 0 Å². The highest BCUT2D eigenvalue weighted by Crippen LogP contribution is 2.16. The smallest absolute Gasteiger partial charge is 0.259 e. The summed E-state index contributed by atoms with van der Waals surface area (Å²) >= 11 is 0. The van der Waals surface area contributed by atoms with Gasteiger partial charge in [-0.1, -0.05) is 11.6 Å². The van der Waals surface area contributed by atoms with Gasteiger partial charge >= 0.3 is 0 Å². The van der Waals surface area contributed by atoms with Gasteiger partial charge in [0.1, 0.15) is 17.5 Å². The second kappa shape index (κ2) is 5.05. The zero-order valence-electron chi connectivity index (χ0n) is 11.1. The van der Waals surface area contributed by atoms with Gasteiger partial charge in [-0.05, 0) is 19.1 Å². The third kappa shape index (κ3) is 2.30. The molecule has 0 bridgehead atoms. The molecule has 1 aliphatic rings. The minimum Gasteiger partial charge on any atom is -0.312 e. The topological polar surface area (TPSA) is 59.0 Å². The van der Waals surface area contributed by atoms with Crippen LogP contribution in [0.5, 0.6) is 0 Å². The molecule has 0 saturated heterocycles. The minimum absolute atomic E-state index is 0.0504. The first-order valence-corrected chi connectivity index (χ1v) is 6.48. The number of nitrogens with one attached hydrogen (secondary N) is 2. The Morgan fingerprint density at radius 1 is 1.50 bits per heavy atom. The third-order valence-corrected chi connectivity index (χ3v) is 3.34. The molecule has 1 amide bonds. The number of hydrogen-bond acceptors (Lipinski definition) is 3. The van der Waals surface area contributed by atoms with Crippen molar-refractivity contribution in [2.24, 2.45) is 0 Å². The number of carbonyl (C=O) groups excluding carboxylic acids is 1. The Bertz CT molecular complexity index is 665. The van der Waals surface area contributed by atoms with Crippen molar-refractivity contribution in [1.82, 2.24) is 14.9 Å². The van der Waals surface area contributed by atoms with E-state index in [1.807, 2.05) is 11.5 Å². The Morgan fingerprint density at radius 3 is 3.20 bits per heavy atom. The van der Waals surface area contributed by atoms with Gasteiger partial charge in [0.15, 0.2) is 0 Å². The molecule has 3 rings (SSSR count). The van der Waals surface area contributed by atoms with Crippen molar-refractivity contribution in [3.63, 3.8) is 0 Å². The van der Waals surface area contributed by atoms with Crippen LogP contribution in [0, 0.1) is 12.7 Å². The zero-order valence-corrected chi connectivity index (χ0v) is 11.1. The summed E-state index contributed by atoms with van der Waals surface area (Å²) < 4.78 is 15.6.